The molecular formula is C21H21NO2. The van der Waals surface area contributed by atoms with E-state index >= 15 is 0 Å². The van der Waals surface area contributed by atoms with Gasteiger partial charge in [0.1, 0.15) is 5.76 Å². The third-order valence-corrected chi connectivity index (χ3v) is 4.35. The predicted octanol–water partition coefficient (Wildman–Crippen LogP) is 4.26. The quantitative estimate of drug-likeness (QED) is 0.837. The van der Waals surface area contributed by atoms with E-state index in [4.69, 9.17) is 0 Å². The molecule has 0 saturated heterocycles. The van der Waals surface area contributed by atoms with Crippen LogP contribution in [-0.2, 0) is 11.2 Å². The van der Waals surface area contributed by atoms with Crippen LogP contribution < -0.4 is 0 Å². The number of aliphatic imine (C=N–C) groups is 1. The Labute approximate surface area is 142 Å². The summed E-state index contributed by atoms with van der Waals surface area (Å²) >= 11 is 0. The number of hydrogen-bond donors (Lipinski definition) is 1. The van der Waals surface area contributed by atoms with Crippen LogP contribution in [0.3, 0.4) is 0 Å². The van der Waals surface area contributed by atoms with E-state index in [-0.39, 0.29) is 17.5 Å². The van der Waals surface area contributed by atoms with Crippen LogP contribution in [0.25, 0.3) is 0 Å². The van der Waals surface area contributed by atoms with Crippen molar-refractivity contribution in [2.24, 2.45) is 4.99 Å². The lowest BCUT2D eigenvalue weighted by Gasteiger charge is -2.22. The molecule has 1 aliphatic rings. The number of ketones is 1. The van der Waals surface area contributed by atoms with E-state index in [0.717, 1.165) is 12.0 Å². The van der Waals surface area contributed by atoms with E-state index in [1.807, 2.05) is 48.5 Å². The number of nitrogens with zero attached hydrogens (tertiary/aromatic N) is 1. The maximum absolute atomic E-state index is 12.3. The molecule has 0 saturated carbocycles. The van der Waals surface area contributed by atoms with Crippen molar-refractivity contribution < 1.29 is 9.90 Å². The van der Waals surface area contributed by atoms with Crippen LogP contribution in [0.1, 0.15) is 29.9 Å². The van der Waals surface area contributed by atoms with Gasteiger partial charge in [0.25, 0.3) is 0 Å². The molecule has 3 heteroatoms. The summed E-state index contributed by atoms with van der Waals surface area (Å²) in [4.78, 5) is 16.7. The van der Waals surface area contributed by atoms with Crippen molar-refractivity contribution >= 4 is 12.0 Å². The van der Waals surface area contributed by atoms with Crippen LogP contribution >= 0.6 is 0 Å². The first-order valence-electron chi connectivity index (χ1n) is 8.28. The van der Waals surface area contributed by atoms with Crippen LogP contribution in [0, 0.1) is 0 Å². The van der Waals surface area contributed by atoms with Gasteiger partial charge in [0.15, 0.2) is 5.78 Å². The van der Waals surface area contributed by atoms with Crippen molar-refractivity contribution in [3.8, 4) is 0 Å². The second-order valence-corrected chi connectivity index (χ2v) is 6.07. The summed E-state index contributed by atoms with van der Waals surface area (Å²) in [5, 5.41) is 10.3. The van der Waals surface area contributed by atoms with Crippen molar-refractivity contribution in [2.45, 2.75) is 25.2 Å². The van der Waals surface area contributed by atoms with Crippen molar-refractivity contribution in [2.75, 3.05) is 6.54 Å². The minimum Gasteiger partial charge on any atom is -0.511 e. The molecular weight excluding hydrogens is 298 g/mol. The molecule has 1 atom stereocenters. The predicted molar refractivity (Wildman–Crippen MR) is 96.6 cm³/mol. The SMILES string of the molecule is O=C1CC(c2ccccc2)CC(O)=C1C=NCCc1ccccc1. The summed E-state index contributed by atoms with van der Waals surface area (Å²) in [6.45, 7) is 0.607. The van der Waals surface area contributed by atoms with E-state index in [9.17, 15) is 9.90 Å². The van der Waals surface area contributed by atoms with Crippen LogP contribution in [0.2, 0.25) is 0 Å². The molecule has 0 aliphatic heterocycles. The zero-order chi connectivity index (χ0) is 16.8. The maximum Gasteiger partial charge on any atom is 0.168 e. The summed E-state index contributed by atoms with van der Waals surface area (Å²) < 4.78 is 0. The van der Waals surface area contributed by atoms with Gasteiger partial charge in [-0.1, -0.05) is 60.7 Å². The van der Waals surface area contributed by atoms with Gasteiger partial charge in [-0.3, -0.25) is 9.79 Å². The highest BCUT2D eigenvalue weighted by Crippen LogP contribution is 2.32. The fourth-order valence-electron chi connectivity index (χ4n) is 3.01. The zero-order valence-corrected chi connectivity index (χ0v) is 13.6. The Morgan fingerprint density at radius 1 is 1.00 bits per heavy atom. The number of aliphatic hydroxyl groups is 1. The topological polar surface area (TPSA) is 49.7 Å². The first kappa shape index (κ1) is 16.2. The smallest absolute Gasteiger partial charge is 0.168 e. The monoisotopic (exact) mass is 319 g/mol. The Balaban J connectivity index is 1.63. The zero-order valence-electron chi connectivity index (χ0n) is 13.6. The van der Waals surface area contributed by atoms with Gasteiger partial charge in [0.05, 0.1) is 5.57 Å². The Morgan fingerprint density at radius 2 is 1.67 bits per heavy atom. The summed E-state index contributed by atoms with van der Waals surface area (Å²) in [7, 11) is 0. The molecule has 1 unspecified atom stereocenters. The minimum atomic E-state index is -0.0314. The molecule has 2 aromatic rings. The maximum atomic E-state index is 12.3. The molecule has 3 rings (SSSR count). The van der Waals surface area contributed by atoms with Gasteiger partial charge >= 0.3 is 0 Å². The molecule has 0 fully saturated rings. The van der Waals surface area contributed by atoms with Crippen LogP contribution in [-0.4, -0.2) is 23.6 Å². The van der Waals surface area contributed by atoms with Crippen LogP contribution in [0.5, 0.6) is 0 Å². The average molecular weight is 319 g/mol. The van der Waals surface area contributed by atoms with Gasteiger partial charge in [-0.05, 0) is 23.5 Å². The number of hydrogen-bond acceptors (Lipinski definition) is 3. The highest BCUT2D eigenvalue weighted by atomic mass is 16.3. The van der Waals surface area contributed by atoms with Gasteiger partial charge in [-0.25, -0.2) is 0 Å². The van der Waals surface area contributed by atoms with E-state index in [0.29, 0.717) is 25.0 Å². The van der Waals surface area contributed by atoms with Gasteiger partial charge in [0.2, 0.25) is 0 Å². The third kappa shape index (κ3) is 3.99. The average Bonchev–Trinajstić information content (AvgIpc) is 2.62. The molecule has 0 heterocycles. The van der Waals surface area contributed by atoms with Crippen LogP contribution in [0.15, 0.2) is 77.0 Å². The number of allylic oxidation sites excluding steroid dienone is 2. The van der Waals surface area contributed by atoms with E-state index in [2.05, 4.69) is 17.1 Å². The second kappa shape index (κ2) is 7.73. The number of rotatable bonds is 5. The minimum absolute atomic E-state index is 0.0314. The Kier molecular flexibility index (Phi) is 5.22. The molecule has 1 aliphatic carbocycles. The third-order valence-electron chi connectivity index (χ3n) is 4.35. The largest absolute Gasteiger partial charge is 0.511 e. The van der Waals surface area contributed by atoms with Crippen molar-refractivity contribution in [1.29, 1.82) is 0 Å². The highest BCUT2D eigenvalue weighted by molar-refractivity contribution is 6.14. The first-order chi connectivity index (χ1) is 11.7. The number of carbonyl (C=O) groups is 1. The molecule has 0 aromatic heterocycles. The van der Waals surface area contributed by atoms with Gasteiger partial charge in [-0.2, -0.15) is 0 Å². The standard InChI is InChI=1S/C21H21NO2/c23-20-13-18(17-9-5-2-6-10-17)14-21(24)19(20)15-22-12-11-16-7-3-1-4-8-16/h1-10,15,18,23H,11-14H2. The number of aliphatic hydroxyl groups excluding tert-OH is 1. The summed E-state index contributed by atoms with van der Waals surface area (Å²) in [5.41, 5.74) is 2.68. The Bertz CT molecular complexity index is 748. The normalized spacial score (nSPS) is 18.3. The molecule has 1 N–H and O–H groups in total. The van der Waals surface area contributed by atoms with E-state index < -0.39 is 0 Å². The van der Waals surface area contributed by atoms with Crippen molar-refractivity contribution in [3.63, 3.8) is 0 Å². The fraction of sp³-hybridized carbons (Fsp3) is 0.238. The summed E-state index contributed by atoms with van der Waals surface area (Å²) in [6.07, 6.45) is 3.29. The first-order valence-corrected chi connectivity index (χ1v) is 8.28. The fourth-order valence-corrected chi connectivity index (χ4v) is 3.01. The number of benzene rings is 2. The van der Waals surface area contributed by atoms with Gasteiger partial charge in [0, 0.05) is 25.6 Å². The van der Waals surface area contributed by atoms with Crippen molar-refractivity contribution in [3.05, 3.63) is 83.1 Å². The summed E-state index contributed by atoms with van der Waals surface area (Å²) in [5.74, 6) is 0.180. The molecule has 0 radical (unpaired) electrons. The van der Waals surface area contributed by atoms with Gasteiger partial charge < -0.3 is 5.11 Å². The van der Waals surface area contributed by atoms with E-state index in [1.54, 1.807) is 6.21 Å². The Hall–Kier alpha value is -2.68. The molecule has 0 amide bonds. The highest BCUT2D eigenvalue weighted by Gasteiger charge is 2.27. The molecule has 0 bridgehead atoms. The molecule has 122 valence electrons. The summed E-state index contributed by atoms with van der Waals surface area (Å²) in [6, 6.07) is 20.0. The van der Waals surface area contributed by atoms with Gasteiger partial charge in [-0.15, -0.1) is 0 Å². The molecule has 24 heavy (non-hydrogen) atoms. The molecule has 0 spiro atoms. The number of carbonyl (C=O) groups excluding carboxylic acids is 1. The molecule has 3 nitrogen and oxygen atoms in total. The lowest BCUT2D eigenvalue weighted by atomic mass is 9.83. The number of Topliss-reactive ketones (excluding diaryl/α,β-unsaturated/α-hetero) is 1. The van der Waals surface area contributed by atoms with Crippen LogP contribution in [0.4, 0.5) is 0 Å². The van der Waals surface area contributed by atoms with Crippen molar-refractivity contribution in [1.82, 2.24) is 0 Å². The Morgan fingerprint density at radius 3 is 2.33 bits per heavy atom. The second-order valence-electron chi connectivity index (χ2n) is 6.07. The lowest BCUT2D eigenvalue weighted by molar-refractivity contribution is -0.116. The molecule has 2 aromatic carbocycles. The lowest BCUT2D eigenvalue weighted by Crippen LogP contribution is -2.19. The van der Waals surface area contributed by atoms with E-state index in [1.165, 1.54) is 5.56 Å².